The van der Waals surface area contributed by atoms with Crippen molar-refractivity contribution in [2.45, 2.75) is 45.7 Å². The summed E-state index contributed by atoms with van der Waals surface area (Å²) in [7, 11) is 1.68. The maximum Gasteiger partial charge on any atom is 0.228 e. The van der Waals surface area contributed by atoms with Crippen molar-refractivity contribution in [3.63, 3.8) is 0 Å². The van der Waals surface area contributed by atoms with Crippen molar-refractivity contribution >= 4 is 5.91 Å². The van der Waals surface area contributed by atoms with Crippen LogP contribution in [0.3, 0.4) is 0 Å². The summed E-state index contributed by atoms with van der Waals surface area (Å²) < 4.78 is 19.7. The summed E-state index contributed by atoms with van der Waals surface area (Å²) in [6, 6.07) is 15.5. The Labute approximate surface area is 185 Å². The van der Waals surface area contributed by atoms with E-state index in [4.69, 9.17) is 4.74 Å². The van der Waals surface area contributed by atoms with Crippen molar-refractivity contribution in [3.8, 4) is 5.75 Å². The lowest BCUT2D eigenvalue weighted by Gasteiger charge is -2.40. The van der Waals surface area contributed by atoms with E-state index < -0.39 is 5.41 Å². The number of likely N-dealkylation sites (tertiary alicyclic amines) is 2. The first kappa shape index (κ1) is 21.8. The zero-order valence-electron chi connectivity index (χ0n) is 19.0. The molecule has 2 saturated heterocycles. The van der Waals surface area contributed by atoms with Gasteiger partial charge in [0.25, 0.3) is 0 Å². The highest BCUT2D eigenvalue weighted by Crippen LogP contribution is 2.43. The van der Waals surface area contributed by atoms with Gasteiger partial charge in [-0.1, -0.05) is 51.1 Å². The first-order valence-electron chi connectivity index (χ1n) is 11.2. The molecular weight excluding hydrogens is 391 g/mol. The van der Waals surface area contributed by atoms with Crippen LogP contribution >= 0.6 is 0 Å². The molecule has 2 aromatic carbocycles. The number of nitrogens with zero attached hydrogens (tertiary/aromatic N) is 2. The maximum atomic E-state index is 14.2. The molecule has 3 atom stereocenters. The molecule has 0 aliphatic carbocycles. The number of hydrogen-bond donors (Lipinski definition) is 0. The Morgan fingerprint density at radius 1 is 1.13 bits per heavy atom. The van der Waals surface area contributed by atoms with E-state index >= 15 is 0 Å². The highest BCUT2D eigenvalue weighted by molar-refractivity contribution is 5.82. The Morgan fingerprint density at radius 2 is 1.90 bits per heavy atom. The Morgan fingerprint density at radius 3 is 2.61 bits per heavy atom. The van der Waals surface area contributed by atoms with Crippen LogP contribution in [0.1, 0.15) is 44.2 Å². The van der Waals surface area contributed by atoms with Gasteiger partial charge in [0.1, 0.15) is 11.6 Å². The number of ether oxygens (including phenoxy) is 1. The molecule has 2 aliphatic heterocycles. The fourth-order valence-corrected chi connectivity index (χ4v) is 5.21. The minimum absolute atomic E-state index is 0.148. The number of amides is 1. The van der Waals surface area contributed by atoms with Gasteiger partial charge >= 0.3 is 0 Å². The zero-order chi connectivity index (χ0) is 22.2. The van der Waals surface area contributed by atoms with Crippen LogP contribution in [0.2, 0.25) is 0 Å². The van der Waals surface area contributed by atoms with Crippen molar-refractivity contribution in [3.05, 3.63) is 65.5 Å². The van der Waals surface area contributed by atoms with E-state index in [-0.39, 0.29) is 23.7 Å². The summed E-state index contributed by atoms with van der Waals surface area (Å²) in [4.78, 5) is 17.7. The average Bonchev–Trinajstić information content (AvgIpc) is 3.13. The average molecular weight is 425 g/mol. The van der Waals surface area contributed by atoms with E-state index in [1.54, 1.807) is 13.2 Å². The topological polar surface area (TPSA) is 32.8 Å². The molecule has 2 heterocycles. The number of piperidine rings is 1. The smallest absolute Gasteiger partial charge is 0.228 e. The molecule has 0 radical (unpaired) electrons. The summed E-state index contributed by atoms with van der Waals surface area (Å²) in [6.07, 6.45) is 0.918. The molecule has 166 valence electrons. The number of benzene rings is 2. The number of rotatable bonds is 4. The van der Waals surface area contributed by atoms with E-state index in [9.17, 15) is 9.18 Å². The molecule has 4 rings (SSSR count). The fraction of sp³-hybridized carbons (Fsp3) is 0.500. The molecule has 1 amide bonds. The largest absolute Gasteiger partial charge is 0.497 e. The second-order valence-electron chi connectivity index (χ2n) is 9.94. The quantitative estimate of drug-likeness (QED) is 0.713. The van der Waals surface area contributed by atoms with E-state index in [1.165, 1.54) is 11.6 Å². The molecule has 0 spiro atoms. The maximum absolute atomic E-state index is 14.2. The van der Waals surface area contributed by atoms with Crippen molar-refractivity contribution in [2.75, 3.05) is 26.7 Å². The van der Waals surface area contributed by atoms with Crippen molar-refractivity contribution in [2.24, 2.45) is 11.3 Å². The van der Waals surface area contributed by atoms with Crippen LogP contribution in [0.4, 0.5) is 4.39 Å². The Balaban J connectivity index is 1.61. The lowest BCUT2D eigenvalue weighted by atomic mass is 9.81. The third kappa shape index (κ3) is 4.47. The van der Waals surface area contributed by atoms with Gasteiger partial charge in [0.05, 0.1) is 7.11 Å². The van der Waals surface area contributed by atoms with Gasteiger partial charge in [-0.05, 0) is 30.2 Å². The van der Waals surface area contributed by atoms with Crippen LogP contribution in [-0.2, 0) is 11.3 Å². The highest BCUT2D eigenvalue weighted by atomic mass is 19.1. The number of methoxy groups -OCH3 is 1. The standard InChI is InChI=1S/C26H33FN2O2/c1-26(2,3)25(30)29-17-21(18-9-7-10-20(14-18)31-4)22-16-28(13-12-24(22)29)15-19-8-5-6-11-23(19)27/h5-11,14,21-22,24H,12-13,15-17H2,1-4H3/t21-,22-,24-/m1/s1. The first-order valence-corrected chi connectivity index (χ1v) is 11.2. The molecule has 5 heteroatoms. The van der Waals surface area contributed by atoms with Crippen LogP contribution < -0.4 is 4.74 Å². The molecule has 2 fully saturated rings. The third-order valence-corrected chi connectivity index (χ3v) is 6.79. The predicted molar refractivity (Wildman–Crippen MR) is 120 cm³/mol. The van der Waals surface area contributed by atoms with Gasteiger partial charge in [-0.15, -0.1) is 0 Å². The van der Waals surface area contributed by atoms with Crippen LogP contribution in [0, 0.1) is 17.2 Å². The van der Waals surface area contributed by atoms with Crippen LogP contribution in [0.5, 0.6) is 5.75 Å². The van der Waals surface area contributed by atoms with E-state index in [2.05, 4.69) is 21.9 Å². The Hall–Kier alpha value is -2.40. The van der Waals surface area contributed by atoms with Gasteiger partial charge in [-0.2, -0.15) is 0 Å². The number of carbonyl (C=O) groups is 1. The molecule has 0 saturated carbocycles. The summed E-state index contributed by atoms with van der Waals surface area (Å²) in [5, 5.41) is 0. The number of halogens is 1. The van der Waals surface area contributed by atoms with Crippen LogP contribution in [0.25, 0.3) is 0 Å². The zero-order valence-corrected chi connectivity index (χ0v) is 19.0. The van der Waals surface area contributed by atoms with Gasteiger partial charge in [0, 0.05) is 55.0 Å². The minimum Gasteiger partial charge on any atom is -0.497 e. The summed E-state index contributed by atoms with van der Waals surface area (Å²) in [6.45, 7) is 9.05. The SMILES string of the molecule is COc1cccc([C@H]2CN(C(=O)C(C)(C)C)[C@@H]3CCN(Cc4ccccc4F)C[C@H]23)c1. The van der Waals surface area contributed by atoms with Crippen molar-refractivity contribution in [1.29, 1.82) is 0 Å². The molecule has 2 aromatic rings. The minimum atomic E-state index is -0.405. The van der Waals surface area contributed by atoms with Crippen LogP contribution in [0.15, 0.2) is 48.5 Å². The lowest BCUT2D eigenvalue weighted by Crippen LogP contribution is -2.50. The van der Waals surface area contributed by atoms with Crippen LogP contribution in [-0.4, -0.2) is 48.5 Å². The van der Waals surface area contributed by atoms with E-state index in [0.717, 1.165) is 37.4 Å². The monoisotopic (exact) mass is 424 g/mol. The number of carbonyl (C=O) groups excluding carboxylic acids is 1. The van der Waals surface area contributed by atoms with Gasteiger partial charge in [-0.3, -0.25) is 9.69 Å². The molecular formula is C26H33FN2O2. The molecule has 0 unspecified atom stereocenters. The Bertz CT molecular complexity index is 939. The Kier molecular flexibility index (Phi) is 6.07. The first-order chi connectivity index (χ1) is 14.8. The third-order valence-electron chi connectivity index (χ3n) is 6.79. The van der Waals surface area contributed by atoms with E-state index in [1.807, 2.05) is 45.0 Å². The summed E-state index contributed by atoms with van der Waals surface area (Å²) >= 11 is 0. The molecule has 0 aromatic heterocycles. The summed E-state index contributed by atoms with van der Waals surface area (Å²) in [5.41, 5.74) is 1.55. The highest BCUT2D eigenvalue weighted by Gasteiger charge is 2.48. The molecule has 2 aliphatic rings. The van der Waals surface area contributed by atoms with E-state index in [0.29, 0.717) is 12.5 Å². The predicted octanol–water partition coefficient (Wildman–Crippen LogP) is 4.70. The number of fused-ring (bicyclic) bond motifs is 1. The molecule has 0 bridgehead atoms. The second-order valence-corrected chi connectivity index (χ2v) is 9.94. The van der Waals surface area contributed by atoms with Gasteiger partial charge in [-0.25, -0.2) is 4.39 Å². The second kappa shape index (κ2) is 8.62. The molecule has 0 N–H and O–H groups in total. The van der Waals surface area contributed by atoms with Gasteiger partial charge in [0.2, 0.25) is 5.91 Å². The van der Waals surface area contributed by atoms with Crippen molar-refractivity contribution < 1.29 is 13.9 Å². The molecule has 4 nitrogen and oxygen atoms in total. The van der Waals surface area contributed by atoms with Gasteiger partial charge < -0.3 is 9.64 Å². The normalized spacial score (nSPS) is 24.2. The van der Waals surface area contributed by atoms with Crippen molar-refractivity contribution in [1.82, 2.24) is 9.80 Å². The summed E-state index contributed by atoms with van der Waals surface area (Å²) in [5.74, 6) is 1.47. The lowest BCUT2D eigenvalue weighted by molar-refractivity contribution is -0.141. The fourth-order valence-electron chi connectivity index (χ4n) is 5.21. The van der Waals surface area contributed by atoms with Gasteiger partial charge in [0.15, 0.2) is 0 Å². The molecule has 31 heavy (non-hydrogen) atoms. The number of hydrogen-bond acceptors (Lipinski definition) is 3.